The second-order valence-corrected chi connectivity index (χ2v) is 7.45. The second-order valence-electron chi connectivity index (χ2n) is 6.51. The lowest BCUT2D eigenvalue weighted by Crippen LogP contribution is -2.27. The number of likely N-dealkylation sites (tertiary alicyclic amines) is 1. The molecule has 0 unspecified atom stereocenters. The normalized spacial score (nSPS) is 14.5. The molecule has 26 heavy (non-hydrogen) atoms. The zero-order chi connectivity index (χ0) is 18.4. The van der Waals surface area contributed by atoms with Crippen molar-refractivity contribution in [1.29, 1.82) is 0 Å². The third-order valence-corrected chi connectivity index (χ3v) is 5.58. The van der Waals surface area contributed by atoms with Crippen LogP contribution in [0.25, 0.3) is 0 Å². The van der Waals surface area contributed by atoms with Gasteiger partial charge in [-0.1, -0.05) is 42.1 Å². The van der Waals surface area contributed by atoms with Crippen molar-refractivity contribution >= 4 is 34.2 Å². The Balaban J connectivity index is 1.66. The van der Waals surface area contributed by atoms with Gasteiger partial charge in [0, 0.05) is 18.8 Å². The van der Waals surface area contributed by atoms with Crippen molar-refractivity contribution in [1.82, 2.24) is 4.90 Å². The lowest BCUT2D eigenvalue weighted by molar-refractivity contribution is -0.113. The monoisotopic (exact) mass is 367 g/mol. The lowest BCUT2D eigenvalue weighted by atomic mass is 10.1. The summed E-state index contributed by atoms with van der Waals surface area (Å²) in [5.74, 6) is 0.360. The fourth-order valence-corrected chi connectivity index (χ4v) is 3.79. The second kappa shape index (κ2) is 8.90. The van der Waals surface area contributed by atoms with Crippen molar-refractivity contribution in [3.8, 4) is 0 Å². The molecule has 1 heterocycles. The fraction of sp³-hybridized carbons (Fsp3) is 0.333. The summed E-state index contributed by atoms with van der Waals surface area (Å²) in [5, 5.41) is 3.96. The molecule has 0 atom stereocenters. The summed E-state index contributed by atoms with van der Waals surface area (Å²) in [6.45, 7) is 6.11. The third-order valence-electron chi connectivity index (χ3n) is 4.57. The number of anilines is 1. The average molecular weight is 368 g/mol. The van der Waals surface area contributed by atoms with Gasteiger partial charge in [0.15, 0.2) is 5.17 Å². The van der Waals surface area contributed by atoms with E-state index in [9.17, 15) is 4.79 Å². The standard InChI is InChI=1S/C21H25N3OS/c1-16-9-8-12-19(17(16)2)23-20(25)15-26-21(24-13-6-7-14-24)22-18-10-4-3-5-11-18/h3-5,8-12H,6-7,13-15H2,1-2H3,(H,23,25). The van der Waals surface area contributed by atoms with Gasteiger partial charge in [-0.2, -0.15) is 0 Å². The van der Waals surface area contributed by atoms with Gasteiger partial charge < -0.3 is 10.2 Å². The Morgan fingerprint density at radius 3 is 2.54 bits per heavy atom. The van der Waals surface area contributed by atoms with Crippen LogP contribution in [-0.4, -0.2) is 34.8 Å². The molecule has 1 amide bonds. The first-order valence-electron chi connectivity index (χ1n) is 9.01. The minimum absolute atomic E-state index is 0.00339. The van der Waals surface area contributed by atoms with E-state index in [2.05, 4.69) is 23.2 Å². The van der Waals surface area contributed by atoms with Gasteiger partial charge in [0.25, 0.3) is 0 Å². The molecule has 0 saturated carbocycles. The highest BCUT2D eigenvalue weighted by molar-refractivity contribution is 8.14. The van der Waals surface area contributed by atoms with Crippen molar-refractivity contribution in [2.45, 2.75) is 26.7 Å². The number of carbonyl (C=O) groups is 1. The molecule has 0 bridgehead atoms. The highest BCUT2D eigenvalue weighted by Gasteiger charge is 2.18. The van der Waals surface area contributed by atoms with Crippen LogP contribution in [0.1, 0.15) is 24.0 Å². The summed E-state index contributed by atoms with van der Waals surface area (Å²) < 4.78 is 0. The maximum atomic E-state index is 12.4. The number of amidine groups is 1. The molecule has 2 aromatic rings. The topological polar surface area (TPSA) is 44.7 Å². The van der Waals surface area contributed by atoms with Gasteiger partial charge >= 0.3 is 0 Å². The highest BCUT2D eigenvalue weighted by Crippen LogP contribution is 2.22. The van der Waals surface area contributed by atoms with Crippen LogP contribution in [-0.2, 0) is 4.79 Å². The quantitative estimate of drug-likeness (QED) is 0.626. The SMILES string of the molecule is Cc1cccc(NC(=O)CSC(=Nc2ccccc2)N2CCCC2)c1C. The van der Waals surface area contributed by atoms with E-state index >= 15 is 0 Å². The van der Waals surface area contributed by atoms with Crippen LogP contribution in [0.2, 0.25) is 0 Å². The van der Waals surface area contributed by atoms with Gasteiger partial charge in [0.05, 0.1) is 11.4 Å². The van der Waals surface area contributed by atoms with Gasteiger partial charge in [-0.05, 0) is 56.0 Å². The molecule has 0 spiro atoms. The maximum absolute atomic E-state index is 12.4. The molecule has 1 saturated heterocycles. The van der Waals surface area contributed by atoms with E-state index in [0.29, 0.717) is 5.75 Å². The molecular formula is C21H25N3OS. The Hall–Kier alpha value is -2.27. The zero-order valence-electron chi connectivity index (χ0n) is 15.4. The van der Waals surface area contributed by atoms with E-state index in [4.69, 9.17) is 4.99 Å². The van der Waals surface area contributed by atoms with E-state index in [1.54, 1.807) is 0 Å². The van der Waals surface area contributed by atoms with Gasteiger partial charge in [0.2, 0.25) is 5.91 Å². The van der Waals surface area contributed by atoms with Gasteiger partial charge in [-0.3, -0.25) is 4.79 Å². The van der Waals surface area contributed by atoms with Crippen LogP contribution in [0, 0.1) is 13.8 Å². The van der Waals surface area contributed by atoms with E-state index < -0.39 is 0 Å². The smallest absolute Gasteiger partial charge is 0.234 e. The molecule has 3 rings (SSSR count). The van der Waals surface area contributed by atoms with Crippen molar-refractivity contribution in [3.63, 3.8) is 0 Å². The molecule has 1 N–H and O–H groups in total. The summed E-state index contributed by atoms with van der Waals surface area (Å²) in [4.78, 5) is 19.5. The van der Waals surface area contributed by atoms with E-state index in [1.165, 1.54) is 30.2 Å². The minimum atomic E-state index is 0.00339. The van der Waals surface area contributed by atoms with Crippen LogP contribution < -0.4 is 5.32 Å². The number of nitrogens with zero attached hydrogens (tertiary/aromatic N) is 2. The third kappa shape index (κ3) is 4.88. The molecule has 0 aromatic heterocycles. The first-order chi connectivity index (χ1) is 12.6. The van der Waals surface area contributed by atoms with E-state index in [1.807, 2.05) is 49.4 Å². The number of carbonyl (C=O) groups excluding carboxylic acids is 1. The molecular weight excluding hydrogens is 342 g/mol. The molecule has 1 fully saturated rings. The van der Waals surface area contributed by atoms with Gasteiger partial charge in [-0.25, -0.2) is 4.99 Å². The lowest BCUT2D eigenvalue weighted by Gasteiger charge is -2.19. The van der Waals surface area contributed by atoms with Crippen molar-refractivity contribution < 1.29 is 4.79 Å². The summed E-state index contributed by atoms with van der Waals surface area (Å²) in [6.07, 6.45) is 2.37. The average Bonchev–Trinajstić information content (AvgIpc) is 3.18. The number of aryl methyl sites for hydroxylation is 1. The molecule has 1 aliphatic rings. The van der Waals surface area contributed by atoms with Crippen LogP contribution in [0.15, 0.2) is 53.5 Å². The van der Waals surface area contributed by atoms with Gasteiger partial charge in [-0.15, -0.1) is 0 Å². The minimum Gasteiger partial charge on any atom is -0.351 e. The molecule has 136 valence electrons. The number of thioether (sulfide) groups is 1. The number of hydrogen-bond acceptors (Lipinski definition) is 3. The predicted molar refractivity (Wildman–Crippen MR) is 111 cm³/mol. The Bertz CT molecular complexity index is 783. The number of aliphatic imine (C=N–C) groups is 1. The number of amides is 1. The number of rotatable bonds is 4. The largest absolute Gasteiger partial charge is 0.351 e. The Kier molecular flexibility index (Phi) is 6.34. The van der Waals surface area contributed by atoms with Crippen molar-refractivity contribution in [2.24, 2.45) is 4.99 Å². The van der Waals surface area contributed by atoms with E-state index in [-0.39, 0.29) is 5.91 Å². The zero-order valence-corrected chi connectivity index (χ0v) is 16.2. The highest BCUT2D eigenvalue weighted by atomic mass is 32.2. The summed E-state index contributed by atoms with van der Waals surface area (Å²) in [6, 6.07) is 15.9. The first kappa shape index (κ1) is 18.5. The van der Waals surface area contributed by atoms with Crippen LogP contribution >= 0.6 is 11.8 Å². The predicted octanol–water partition coefficient (Wildman–Crippen LogP) is 4.76. The molecule has 5 heteroatoms. The molecule has 1 aliphatic heterocycles. The number of benzene rings is 2. The van der Waals surface area contributed by atoms with Crippen molar-refractivity contribution in [2.75, 3.05) is 24.2 Å². The molecule has 0 radical (unpaired) electrons. The molecule has 2 aromatic carbocycles. The Labute approximate surface area is 159 Å². The van der Waals surface area contributed by atoms with Crippen LogP contribution in [0.3, 0.4) is 0 Å². The first-order valence-corrected chi connectivity index (χ1v) is 9.99. The number of hydrogen-bond donors (Lipinski definition) is 1. The molecule has 4 nitrogen and oxygen atoms in total. The van der Waals surface area contributed by atoms with E-state index in [0.717, 1.165) is 35.2 Å². The summed E-state index contributed by atoms with van der Waals surface area (Å²) >= 11 is 1.51. The maximum Gasteiger partial charge on any atom is 0.234 e. The van der Waals surface area contributed by atoms with Crippen molar-refractivity contribution in [3.05, 3.63) is 59.7 Å². The van der Waals surface area contributed by atoms with Crippen LogP contribution in [0.4, 0.5) is 11.4 Å². The Morgan fingerprint density at radius 2 is 1.81 bits per heavy atom. The fourth-order valence-electron chi connectivity index (χ4n) is 2.92. The van der Waals surface area contributed by atoms with Gasteiger partial charge in [0.1, 0.15) is 0 Å². The Morgan fingerprint density at radius 1 is 1.08 bits per heavy atom. The summed E-state index contributed by atoms with van der Waals surface area (Å²) in [5.41, 5.74) is 4.11. The summed E-state index contributed by atoms with van der Waals surface area (Å²) in [7, 11) is 0. The molecule has 0 aliphatic carbocycles. The van der Waals surface area contributed by atoms with Crippen LogP contribution in [0.5, 0.6) is 0 Å². The number of nitrogens with one attached hydrogen (secondary N) is 1. The number of para-hydroxylation sites is 1.